The Hall–Kier alpha value is -0.480. The van der Waals surface area contributed by atoms with E-state index in [4.69, 9.17) is 9.47 Å². The molecule has 0 rings (SSSR count). The van der Waals surface area contributed by atoms with E-state index < -0.39 is 0 Å². The van der Waals surface area contributed by atoms with Crippen LogP contribution in [0.1, 0.15) is 0 Å². The maximum absolute atomic E-state index is 11.8. The minimum Gasteiger partial charge on any atom is -0.382 e. The van der Waals surface area contributed by atoms with E-state index in [1.807, 2.05) is 0 Å². The van der Waals surface area contributed by atoms with E-state index in [9.17, 15) is 9.59 Å². The SMILES string of the molecule is COCCOCCN(CC(=O)NCCS)CC(=O)NCCS. The molecule has 130 valence electrons. The Kier molecular flexibility index (Phi) is 15.1. The van der Waals surface area contributed by atoms with E-state index in [0.717, 1.165) is 0 Å². The van der Waals surface area contributed by atoms with Gasteiger partial charge in [0.2, 0.25) is 11.8 Å². The summed E-state index contributed by atoms with van der Waals surface area (Å²) in [4.78, 5) is 25.2. The molecule has 22 heavy (non-hydrogen) atoms. The predicted octanol–water partition coefficient (Wildman–Crippen LogP) is -0.957. The molecule has 0 aromatic heterocycles. The fraction of sp³-hybridized carbons (Fsp3) is 0.846. The van der Waals surface area contributed by atoms with E-state index in [0.29, 0.717) is 51.0 Å². The standard InChI is InChI=1S/C13H27N3O4S2/c1-19-6-7-20-5-4-16(10-12(17)14-2-8-21)11-13(18)15-3-9-22/h21-22H,2-11H2,1H3,(H,14,17)(H,15,18). The zero-order valence-corrected chi connectivity index (χ0v) is 14.8. The predicted molar refractivity (Wildman–Crippen MR) is 92.9 cm³/mol. The van der Waals surface area contributed by atoms with Gasteiger partial charge in [-0.25, -0.2) is 0 Å². The fourth-order valence-corrected chi connectivity index (χ4v) is 1.78. The van der Waals surface area contributed by atoms with Gasteiger partial charge in [-0.05, 0) is 0 Å². The van der Waals surface area contributed by atoms with Crippen molar-refractivity contribution in [1.29, 1.82) is 0 Å². The first-order valence-corrected chi connectivity index (χ1v) is 8.44. The van der Waals surface area contributed by atoms with Crippen molar-refractivity contribution in [3.8, 4) is 0 Å². The second-order valence-corrected chi connectivity index (χ2v) is 5.36. The summed E-state index contributed by atoms with van der Waals surface area (Å²) in [5.41, 5.74) is 0. The maximum Gasteiger partial charge on any atom is 0.234 e. The second-order valence-electron chi connectivity index (χ2n) is 4.46. The average Bonchev–Trinajstić information content (AvgIpc) is 2.50. The lowest BCUT2D eigenvalue weighted by Gasteiger charge is -2.21. The Balaban J connectivity index is 4.17. The van der Waals surface area contributed by atoms with Crippen molar-refractivity contribution in [2.75, 3.05) is 71.2 Å². The number of carbonyl (C=O) groups excluding carboxylic acids is 2. The molecule has 0 heterocycles. The molecular formula is C13H27N3O4S2. The molecule has 0 saturated heterocycles. The largest absolute Gasteiger partial charge is 0.382 e. The summed E-state index contributed by atoms with van der Waals surface area (Å²) in [5.74, 6) is 0.892. The molecule has 0 aliphatic carbocycles. The smallest absolute Gasteiger partial charge is 0.234 e. The third kappa shape index (κ3) is 13.2. The Bertz CT molecular complexity index is 287. The van der Waals surface area contributed by atoms with Crippen molar-refractivity contribution in [3.63, 3.8) is 0 Å². The summed E-state index contributed by atoms with van der Waals surface area (Å²) < 4.78 is 10.3. The zero-order chi connectivity index (χ0) is 16.6. The molecule has 0 aliphatic heterocycles. The van der Waals surface area contributed by atoms with Gasteiger partial charge in [-0.3, -0.25) is 14.5 Å². The maximum atomic E-state index is 11.8. The molecule has 0 spiro atoms. The molecule has 2 amide bonds. The number of nitrogens with zero attached hydrogens (tertiary/aromatic N) is 1. The number of thiol groups is 2. The highest BCUT2D eigenvalue weighted by molar-refractivity contribution is 7.80. The molecule has 0 aromatic rings. The summed E-state index contributed by atoms with van der Waals surface area (Å²) in [6, 6.07) is 0. The van der Waals surface area contributed by atoms with E-state index in [1.54, 1.807) is 12.0 Å². The lowest BCUT2D eigenvalue weighted by Crippen LogP contribution is -2.44. The molecule has 0 saturated carbocycles. The lowest BCUT2D eigenvalue weighted by atomic mass is 10.4. The van der Waals surface area contributed by atoms with Crippen molar-refractivity contribution in [3.05, 3.63) is 0 Å². The molecular weight excluding hydrogens is 326 g/mol. The van der Waals surface area contributed by atoms with Crippen LogP contribution in [0, 0.1) is 0 Å². The minimum atomic E-state index is -0.132. The van der Waals surface area contributed by atoms with Crippen molar-refractivity contribution >= 4 is 37.1 Å². The monoisotopic (exact) mass is 353 g/mol. The molecule has 0 bridgehead atoms. The Morgan fingerprint density at radius 3 is 1.95 bits per heavy atom. The number of ether oxygens (including phenoxy) is 2. The van der Waals surface area contributed by atoms with Gasteiger partial charge in [-0.2, -0.15) is 25.3 Å². The summed E-state index contributed by atoms with van der Waals surface area (Å²) in [6.07, 6.45) is 0. The van der Waals surface area contributed by atoms with Crippen LogP contribution in [0.25, 0.3) is 0 Å². The third-order valence-electron chi connectivity index (χ3n) is 2.59. The number of hydrogen-bond donors (Lipinski definition) is 4. The van der Waals surface area contributed by atoms with Gasteiger partial charge in [0.1, 0.15) is 0 Å². The fourth-order valence-electron chi connectivity index (χ4n) is 1.56. The summed E-state index contributed by atoms with van der Waals surface area (Å²) in [5, 5.41) is 5.46. The Morgan fingerprint density at radius 1 is 0.955 bits per heavy atom. The number of amides is 2. The van der Waals surface area contributed by atoms with Gasteiger partial charge in [0.25, 0.3) is 0 Å². The van der Waals surface area contributed by atoms with Gasteiger partial charge < -0.3 is 20.1 Å². The highest BCUT2D eigenvalue weighted by Crippen LogP contribution is 1.90. The van der Waals surface area contributed by atoms with Gasteiger partial charge in [-0.1, -0.05) is 0 Å². The van der Waals surface area contributed by atoms with Crippen LogP contribution in [0.3, 0.4) is 0 Å². The zero-order valence-electron chi connectivity index (χ0n) is 13.0. The number of carbonyl (C=O) groups is 2. The molecule has 0 radical (unpaired) electrons. The molecule has 0 unspecified atom stereocenters. The summed E-state index contributed by atoms with van der Waals surface area (Å²) >= 11 is 8.07. The first-order valence-electron chi connectivity index (χ1n) is 7.18. The van der Waals surface area contributed by atoms with Gasteiger partial charge in [0.15, 0.2) is 0 Å². The molecule has 0 atom stereocenters. The van der Waals surface area contributed by atoms with Crippen LogP contribution in [0.2, 0.25) is 0 Å². The lowest BCUT2D eigenvalue weighted by molar-refractivity contribution is -0.125. The van der Waals surface area contributed by atoms with Crippen molar-refractivity contribution in [2.24, 2.45) is 0 Å². The third-order valence-corrected chi connectivity index (χ3v) is 3.03. The van der Waals surface area contributed by atoms with Gasteiger partial charge in [0, 0.05) is 38.2 Å². The van der Waals surface area contributed by atoms with Gasteiger partial charge in [-0.15, -0.1) is 0 Å². The first-order chi connectivity index (χ1) is 10.6. The molecule has 0 aliphatic rings. The minimum absolute atomic E-state index is 0.132. The Morgan fingerprint density at radius 2 is 1.50 bits per heavy atom. The van der Waals surface area contributed by atoms with Crippen molar-refractivity contribution < 1.29 is 19.1 Å². The molecule has 9 heteroatoms. The Labute approximate surface area is 143 Å². The number of rotatable bonds is 14. The normalized spacial score (nSPS) is 10.7. The number of hydrogen-bond acceptors (Lipinski definition) is 7. The average molecular weight is 354 g/mol. The van der Waals surface area contributed by atoms with Crippen LogP contribution in [-0.4, -0.2) is 87.9 Å². The van der Waals surface area contributed by atoms with Gasteiger partial charge in [0.05, 0.1) is 32.9 Å². The quantitative estimate of drug-likeness (QED) is 0.239. The highest BCUT2D eigenvalue weighted by Gasteiger charge is 2.14. The highest BCUT2D eigenvalue weighted by atomic mass is 32.1. The van der Waals surface area contributed by atoms with Crippen LogP contribution in [0.15, 0.2) is 0 Å². The van der Waals surface area contributed by atoms with E-state index in [2.05, 4.69) is 35.9 Å². The first kappa shape index (κ1) is 21.5. The van der Waals surface area contributed by atoms with Crippen LogP contribution >= 0.6 is 25.3 Å². The molecule has 2 N–H and O–H groups in total. The summed E-state index contributed by atoms with van der Waals surface area (Å²) in [7, 11) is 1.60. The molecule has 7 nitrogen and oxygen atoms in total. The van der Waals surface area contributed by atoms with E-state index in [1.165, 1.54) is 0 Å². The number of methoxy groups -OCH3 is 1. The van der Waals surface area contributed by atoms with Crippen LogP contribution < -0.4 is 10.6 Å². The van der Waals surface area contributed by atoms with Crippen molar-refractivity contribution in [1.82, 2.24) is 15.5 Å². The number of nitrogens with one attached hydrogen (secondary N) is 2. The topological polar surface area (TPSA) is 79.9 Å². The van der Waals surface area contributed by atoms with Crippen molar-refractivity contribution in [2.45, 2.75) is 0 Å². The van der Waals surface area contributed by atoms with E-state index in [-0.39, 0.29) is 24.9 Å². The van der Waals surface area contributed by atoms with Crippen LogP contribution in [-0.2, 0) is 19.1 Å². The van der Waals surface area contributed by atoms with Gasteiger partial charge >= 0.3 is 0 Å². The molecule has 0 aromatic carbocycles. The van der Waals surface area contributed by atoms with Crippen LogP contribution in [0.4, 0.5) is 0 Å². The van der Waals surface area contributed by atoms with Crippen LogP contribution in [0.5, 0.6) is 0 Å². The summed E-state index contributed by atoms with van der Waals surface area (Å²) in [6.45, 7) is 3.24. The van der Waals surface area contributed by atoms with E-state index >= 15 is 0 Å². The molecule has 0 fully saturated rings. The second kappa shape index (κ2) is 15.4.